The zero-order valence-electron chi connectivity index (χ0n) is 15.7. The first-order valence-electron chi connectivity index (χ1n) is 9.20. The molecule has 1 fully saturated rings. The molecule has 1 aromatic heterocycles. The molecule has 3 aromatic rings. The number of morpholine rings is 1. The van der Waals surface area contributed by atoms with Crippen LogP contribution in [-0.4, -0.2) is 45.0 Å². The van der Waals surface area contributed by atoms with Crippen molar-refractivity contribution in [2.75, 3.05) is 38.8 Å². The van der Waals surface area contributed by atoms with Crippen molar-refractivity contribution < 1.29 is 14.2 Å². The molecule has 27 heavy (non-hydrogen) atoms. The van der Waals surface area contributed by atoms with Crippen molar-refractivity contribution in [1.82, 2.24) is 4.98 Å². The van der Waals surface area contributed by atoms with E-state index >= 15 is 0 Å². The van der Waals surface area contributed by atoms with Crippen molar-refractivity contribution in [3.8, 4) is 11.5 Å². The lowest BCUT2D eigenvalue weighted by Crippen LogP contribution is -2.43. The lowest BCUT2D eigenvalue weighted by atomic mass is 10.1. The third-order valence-electron chi connectivity index (χ3n) is 4.95. The van der Waals surface area contributed by atoms with Gasteiger partial charge in [-0.25, -0.2) is 4.98 Å². The minimum Gasteiger partial charge on any atom is -0.497 e. The number of anilines is 1. The van der Waals surface area contributed by atoms with Crippen LogP contribution in [0.1, 0.15) is 5.56 Å². The Bertz CT molecular complexity index is 928. The number of methoxy groups -OCH3 is 2. The molecule has 140 valence electrons. The number of benzene rings is 2. The number of nitrogens with zero attached hydrogens (tertiary/aromatic N) is 2. The van der Waals surface area contributed by atoms with Crippen molar-refractivity contribution in [1.29, 1.82) is 0 Å². The maximum atomic E-state index is 6.00. The van der Waals surface area contributed by atoms with Crippen LogP contribution in [0.3, 0.4) is 0 Å². The van der Waals surface area contributed by atoms with Gasteiger partial charge in [0.2, 0.25) is 0 Å². The summed E-state index contributed by atoms with van der Waals surface area (Å²) in [5, 5.41) is 1.08. The van der Waals surface area contributed by atoms with Gasteiger partial charge < -0.3 is 19.1 Å². The third-order valence-corrected chi connectivity index (χ3v) is 4.95. The summed E-state index contributed by atoms with van der Waals surface area (Å²) in [5.41, 5.74) is 2.11. The van der Waals surface area contributed by atoms with Gasteiger partial charge in [-0.05, 0) is 35.9 Å². The first-order valence-corrected chi connectivity index (χ1v) is 9.20. The Labute approximate surface area is 159 Å². The van der Waals surface area contributed by atoms with Crippen LogP contribution in [0.2, 0.25) is 0 Å². The summed E-state index contributed by atoms with van der Waals surface area (Å²) in [5.74, 6) is 2.64. The van der Waals surface area contributed by atoms with Crippen LogP contribution in [0, 0.1) is 0 Å². The van der Waals surface area contributed by atoms with Crippen LogP contribution in [0.25, 0.3) is 10.9 Å². The third kappa shape index (κ3) is 3.83. The van der Waals surface area contributed by atoms with E-state index in [1.165, 1.54) is 5.56 Å². The highest BCUT2D eigenvalue weighted by Crippen LogP contribution is 2.27. The molecule has 1 aliphatic rings. The number of aromatic nitrogens is 1. The highest BCUT2D eigenvalue weighted by atomic mass is 16.5. The molecule has 5 heteroatoms. The normalized spacial score (nSPS) is 17.1. The second kappa shape index (κ2) is 7.84. The molecule has 0 amide bonds. The van der Waals surface area contributed by atoms with Gasteiger partial charge in [0, 0.05) is 24.9 Å². The molecule has 2 aromatic carbocycles. The summed E-state index contributed by atoms with van der Waals surface area (Å²) < 4.78 is 16.8. The Morgan fingerprint density at radius 3 is 2.81 bits per heavy atom. The molecule has 5 nitrogen and oxygen atoms in total. The number of rotatable bonds is 5. The maximum Gasteiger partial charge on any atom is 0.145 e. The lowest BCUT2D eigenvalue weighted by molar-refractivity contribution is 0.0408. The van der Waals surface area contributed by atoms with Crippen molar-refractivity contribution in [3.63, 3.8) is 0 Å². The van der Waals surface area contributed by atoms with Crippen molar-refractivity contribution in [2.24, 2.45) is 0 Å². The molecule has 0 bridgehead atoms. The zero-order chi connectivity index (χ0) is 18.6. The Hall–Kier alpha value is -2.79. The molecular formula is C22H24N2O3. The van der Waals surface area contributed by atoms with E-state index in [9.17, 15) is 0 Å². The lowest BCUT2D eigenvalue weighted by Gasteiger charge is -2.34. The highest BCUT2D eigenvalue weighted by molar-refractivity contribution is 5.86. The van der Waals surface area contributed by atoms with Crippen LogP contribution in [-0.2, 0) is 11.2 Å². The fourth-order valence-corrected chi connectivity index (χ4v) is 3.56. The fraction of sp³-hybridized carbons (Fsp3) is 0.318. The van der Waals surface area contributed by atoms with Crippen LogP contribution < -0.4 is 14.4 Å². The number of fused-ring (bicyclic) bond motifs is 1. The van der Waals surface area contributed by atoms with Crippen LogP contribution >= 0.6 is 0 Å². The van der Waals surface area contributed by atoms with E-state index in [2.05, 4.69) is 35.2 Å². The van der Waals surface area contributed by atoms with Crippen molar-refractivity contribution >= 4 is 16.7 Å². The van der Waals surface area contributed by atoms with Crippen molar-refractivity contribution in [3.05, 3.63) is 60.2 Å². The van der Waals surface area contributed by atoms with Gasteiger partial charge in [-0.1, -0.05) is 24.3 Å². The Morgan fingerprint density at radius 2 is 1.96 bits per heavy atom. The standard InChI is InChI=1S/C22H24N2O3/c1-25-18-7-3-5-16(13-18)14-19-15-24(11-12-27-19)21-10-9-17-6-4-8-20(26-2)22(17)23-21/h3-10,13,19H,11-12,14-15H2,1-2H3/t19-/m0/s1. The summed E-state index contributed by atoms with van der Waals surface area (Å²) in [6, 6.07) is 18.3. The second-order valence-corrected chi connectivity index (χ2v) is 6.70. The van der Waals surface area contributed by atoms with Gasteiger partial charge in [0.15, 0.2) is 0 Å². The smallest absolute Gasteiger partial charge is 0.145 e. The van der Waals surface area contributed by atoms with E-state index in [0.29, 0.717) is 6.61 Å². The van der Waals surface area contributed by atoms with Crippen LogP contribution in [0.15, 0.2) is 54.6 Å². The Balaban J connectivity index is 1.53. The van der Waals surface area contributed by atoms with Gasteiger partial charge in [-0.2, -0.15) is 0 Å². The summed E-state index contributed by atoms with van der Waals surface area (Å²) in [6.45, 7) is 2.34. The summed E-state index contributed by atoms with van der Waals surface area (Å²) in [7, 11) is 3.37. The molecule has 1 atom stereocenters. The molecular weight excluding hydrogens is 340 g/mol. The van der Waals surface area contributed by atoms with E-state index in [1.54, 1.807) is 14.2 Å². The van der Waals surface area contributed by atoms with E-state index in [-0.39, 0.29) is 6.10 Å². The molecule has 2 heterocycles. The molecule has 1 saturated heterocycles. The van der Waals surface area contributed by atoms with E-state index < -0.39 is 0 Å². The molecule has 0 radical (unpaired) electrons. The molecule has 0 spiro atoms. The van der Waals surface area contributed by atoms with Gasteiger partial charge in [-0.3, -0.25) is 0 Å². The minimum atomic E-state index is 0.126. The molecule has 1 aliphatic heterocycles. The predicted octanol–water partition coefficient (Wildman–Crippen LogP) is 3.70. The van der Waals surface area contributed by atoms with E-state index in [0.717, 1.165) is 47.7 Å². The summed E-state index contributed by atoms with van der Waals surface area (Å²) in [6.07, 6.45) is 0.978. The predicted molar refractivity (Wildman–Crippen MR) is 107 cm³/mol. The number of hydrogen-bond donors (Lipinski definition) is 0. The van der Waals surface area contributed by atoms with E-state index in [1.807, 2.05) is 24.3 Å². The summed E-state index contributed by atoms with van der Waals surface area (Å²) in [4.78, 5) is 7.16. The van der Waals surface area contributed by atoms with Gasteiger partial charge in [0.25, 0.3) is 0 Å². The van der Waals surface area contributed by atoms with E-state index in [4.69, 9.17) is 19.2 Å². The van der Waals surface area contributed by atoms with Gasteiger partial charge in [-0.15, -0.1) is 0 Å². The number of para-hydroxylation sites is 1. The Kier molecular flexibility index (Phi) is 5.12. The molecule has 4 rings (SSSR count). The molecule has 0 saturated carbocycles. The topological polar surface area (TPSA) is 43.8 Å². The van der Waals surface area contributed by atoms with Gasteiger partial charge in [0.1, 0.15) is 22.8 Å². The zero-order valence-corrected chi connectivity index (χ0v) is 15.7. The minimum absolute atomic E-state index is 0.126. The maximum absolute atomic E-state index is 6.00. The number of pyridine rings is 1. The van der Waals surface area contributed by atoms with Gasteiger partial charge in [0.05, 0.1) is 26.9 Å². The van der Waals surface area contributed by atoms with Crippen LogP contribution in [0.4, 0.5) is 5.82 Å². The SMILES string of the molecule is COc1cccc(C[C@H]2CN(c3ccc4cccc(OC)c4n3)CCO2)c1. The van der Waals surface area contributed by atoms with Gasteiger partial charge >= 0.3 is 0 Å². The second-order valence-electron chi connectivity index (χ2n) is 6.70. The average molecular weight is 364 g/mol. The fourth-order valence-electron chi connectivity index (χ4n) is 3.56. The molecule has 0 aliphatic carbocycles. The number of ether oxygens (including phenoxy) is 3. The first kappa shape index (κ1) is 17.6. The molecule has 0 N–H and O–H groups in total. The highest BCUT2D eigenvalue weighted by Gasteiger charge is 2.22. The average Bonchev–Trinajstić information content (AvgIpc) is 2.73. The monoisotopic (exact) mass is 364 g/mol. The molecule has 0 unspecified atom stereocenters. The Morgan fingerprint density at radius 1 is 1.07 bits per heavy atom. The first-order chi connectivity index (χ1) is 13.3. The quantitative estimate of drug-likeness (QED) is 0.691. The van der Waals surface area contributed by atoms with Crippen LogP contribution in [0.5, 0.6) is 11.5 Å². The van der Waals surface area contributed by atoms with Crippen molar-refractivity contribution in [2.45, 2.75) is 12.5 Å². The summed E-state index contributed by atoms with van der Waals surface area (Å²) >= 11 is 0. The largest absolute Gasteiger partial charge is 0.497 e. The number of hydrogen-bond acceptors (Lipinski definition) is 5.